The van der Waals surface area contributed by atoms with E-state index in [9.17, 15) is 0 Å². The van der Waals surface area contributed by atoms with Crippen LogP contribution >= 0.6 is 15.9 Å². The smallest absolute Gasteiger partial charge is 0.125 e. The van der Waals surface area contributed by atoms with Gasteiger partial charge in [0, 0.05) is 16.9 Å². The van der Waals surface area contributed by atoms with Crippen LogP contribution in [-0.2, 0) is 12.8 Å². The lowest BCUT2D eigenvalue weighted by Crippen LogP contribution is -2.21. The molecule has 0 saturated carbocycles. The standard InChI is InChI=1S/C12H16BrNO/c1-2-11(14)7-9-6-10(13)5-8-3-4-15-12(8)9/h5-6,11H,2-4,7,14H2,1H3. The summed E-state index contributed by atoms with van der Waals surface area (Å²) in [6, 6.07) is 4.50. The maximum Gasteiger partial charge on any atom is 0.125 e. The summed E-state index contributed by atoms with van der Waals surface area (Å²) < 4.78 is 6.78. The second kappa shape index (κ2) is 4.54. The first-order valence-corrected chi connectivity index (χ1v) is 6.19. The number of halogens is 1. The molecule has 1 aliphatic heterocycles. The lowest BCUT2D eigenvalue weighted by Gasteiger charge is -2.12. The van der Waals surface area contributed by atoms with Gasteiger partial charge in [-0.25, -0.2) is 0 Å². The molecular formula is C12H16BrNO. The van der Waals surface area contributed by atoms with Crippen molar-refractivity contribution in [2.45, 2.75) is 32.2 Å². The van der Waals surface area contributed by atoms with Crippen molar-refractivity contribution in [3.8, 4) is 5.75 Å². The summed E-state index contributed by atoms with van der Waals surface area (Å²) in [4.78, 5) is 0. The Morgan fingerprint density at radius 3 is 3.07 bits per heavy atom. The Kier molecular flexibility index (Phi) is 3.32. The van der Waals surface area contributed by atoms with Crippen LogP contribution in [0.15, 0.2) is 16.6 Å². The van der Waals surface area contributed by atoms with Crippen molar-refractivity contribution in [1.82, 2.24) is 0 Å². The van der Waals surface area contributed by atoms with E-state index < -0.39 is 0 Å². The van der Waals surface area contributed by atoms with Crippen molar-refractivity contribution < 1.29 is 4.74 Å². The molecule has 0 radical (unpaired) electrons. The summed E-state index contributed by atoms with van der Waals surface area (Å²) in [5.74, 6) is 1.07. The van der Waals surface area contributed by atoms with Gasteiger partial charge in [0.2, 0.25) is 0 Å². The van der Waals surface area contributed by atoms with Crippen molar-refractivity contribution in [2.75, 3.05) is 6.61 Å². The molecule has 2 nitrogen and oxygen atoms in total. The summed E-state index contributed by atoms with van der Waals surface area (Å²) >= 11 is 3.53. The van der Waals surface area contributed by atoms with E-state index in [1.165, 1.54) is 11.1 Å². The monoisotopic (exact) mass is 269 g/mol. The van der Waals surface area contributed by atoms with Crippen LogP contribution in [-0.4, -0.2) is 12.6 Å². The highest BCUT2D eigenvalue weighted by atomic mass is 79.9. The van der Waals surface area contributed by atoms with Crippen molar-refractivity contribution in [3.05, 3.63) is 27.7 Å². The van der Waals surface area contributed by atoms with Gasteiger partial charge in [0.1, 0.15) is 5.75 Å². The zero-order chi connectivity index (χ0) is 10.8. The van der Waals surface area contributed by atoms with Crippen LogP contribution in [0.4, 0.5) is 0 Å². The lowest BCUT2D eigenvalue weighted by atomic mass is 10.0. The average molecular weight is 270 g/mol. The van der Waals surface area contributed by atoms with Gasteiger partial charge in [0.25, 0.3) is 0 Å². The van der Waals surface area contributed by atoms with Gasteiger partial charge in [0.15, 0.2) is 0 Å². The number of ether oxygens (including phenoxy) is 1. The molecule has 0 fully saturated rings. The van der Waals surface area contributed by atoms with Crippen LogP contribution in [0.5, 0.6) is 5.75 Å². The first-order chi connectivity index (χ1) is 7.20. The molecule has 3 heteroatoms. The van der Waals surface area contributed by atoms with E-state index in [0.717, 1.165) is 36.1 Å². The quantitative estimate of drug-likeness (QED) is 0.916. The third kappa shape index (κ3) is 2.34. The summed E-state index contributed by atoms with van der Waals surface area (Å²) in [6.07, 6.45) is 2.92. The Hall–Kier alpha value is -0.540. The second-order valence-corrected chi connectivity index (χ2v) is 4.94. The molecule has 0 aliphatic carbocycles. The summed E-state index contributed by atoms with van der Waals surface area (Å²) in [5.41, 5.74) is 8.53. The van der Waals surface area contributed by atoms with Crippen LogP contribution in [0.3, 0.4) is 0 Å². The predicted octanol–water partition coefficient (Wildman–Crippen LogP) is 2.66. The first kappa shape index (κ1) is 11.0. The lowest BCUT2D eigenvalue weighted by molar-refractivity contribution is 0.352. The Labute approximate surface area is 98.9 Å². The molecule has 1 aromatic rings. The molecule has 0 amide bonds. The van der Waals surface area contributed by atoms with Crippen LogP contribution in [0.1, 0.15) is 24.5 Å². The fourth-order valence-electron chi connectivity index (χ4n) is 1.92. The molecule has 2 rings (SSSR count). The molecule has 0 saturated heterocycles. The number of hydrogen-bond acceptors (Lipinski definition) is 2. The number of hydrogen-bond donors (Lipinski definition) is 1. The van der Waals surface area contributed by atoms with Crippen LogP contribution < -0.4 is 10.5 Å². The van der Waals surface area contributed by atoms with Crippen LogP contribution in [0.25, 0.3) is 0 Å². The van der Waals surface area contributed by atoms with E-state index in [4.69, 9.17) is 10.5 Å². The maximum absolute atomic E-state index is 5.98. The Morgan fingerprint density at radius 2 is 2.33 bits per heavy atom. The van der Waals surface area contributed by atoms with E-state index in [0.29, 0.717) is 0 Å². The van der Waals surface area contributed by atoms with E-state index in [2.05, 4.69) is 35.0 Å². The van der Waals surface area contributed by atoms with Gasteiger partial charge >= 0.3 is 0 Å². The summed E-state index contributed by atoms with van der Waals surface area (Å²) in [5, 5.41) is 0. The second-order valence-electron chi connectivity index (χ2n) is 4.02. The Morgan fingerprint density at radius 1 is 1.53 bits per heavy atom. The fraction of sp³-hybridized carbons (Fsp3) is 0.500. The molecule has 1 aliphatic rings. The molecule has 1 aromatic carbocycles. The average Bonchev–Trinajstić information content (AvgIpc) is 2.65. The van der Waals surface area contributed by atoms with Gasteiger partial charge in [-0.1, -0.05) is 22.9 Å². The van der Waals surface area contributed by atoms with E-state index in [1.54, 1.807) is 0 Å². The fourth-order valence-corrected chi connectivity index (χ4v) is 2.48. The first-order valence-electron chi connectivity index (χ1n) is 5.40. The maximum atomic E-state index is 5.98. The van der Waals surface area contributed by atoms with Crippen LogP contribution in [0.2, 0.25) is 0 Å². The van der Waals surface area contributed by atoms with Crippen molar-refractivity contribution in [2.24, 2.45) is 5.73 Å². The highest BCUT2D eigenvalue weighted by Gasteiger charge is 2.18. The van der Waals surface area contributed by atoms with Crippen LogP contribution in [0, 0.1) is 0 Å². The molecule has 1 unspecified atom stereocenters. The van der Waals surface area contributed by atoms with E-state index >= 15 is 0 Å². The molecule has 1 atom stereocenters. The minimum atomic E-state index is 0.229. The number of benzene rings is 1. The van der Waals surface area contributed by atoms with Gasteiger partial charge in [-0.15, -0.1) is 0 Å². The van der Waals surface area contributed by atoms with Crippen molar-refractivity contribution >= 4 is 15.9 Å². The minimum Gasteiger partial charge on any atom is -0.493 e. The summed E-state index contributed by atoms with van der Waals surface area (Å²) in [7, 11) is 0. The van der Waals surface area contributed by atoms with Gasteiger partial charge in [-0.3, -0.25) is 0 Å². The molecular weight excluding hydrogens is 254 g/mol. The minimum absolute atomic E-state index is 0.229. The highest BCUT2D eigenvalue weighted by molar-refractivity contribution is 9.10. The normalized spacial score (nSPS) is 15.9. The Bertz CT molecular complexity index is 365. The zero-order valence-electron chi connectivity index (χ0n) is 8.92. The van der Waals surface area contributed by atoms with Gasteiger partial charge < -0.3 is 10.5 Å². The molecule has 0 aromatic heterocycles. The number of fused-ring (bicyclic) bond motifs is 1. The molecule has 15 heavy (non-hydrogen) atoms. The SMILES string of the molecule is CCC(N)Cc1cc(Br)cc2c1OCC2. The van der Waals surface area contributed by atoms with E-state index in [-0.39, 0.29) is 6.04 Å². The largest absolute Gasteiger partial charge is 0.493 e. The van der Waals surface area contributed by atoms with Gasteiger partial charge in [-0.05, 0) is 36.1 Å². The number of nitrogens with two attached hydrogens (primary N) is 1. The predicted molar refractivity (Wildman–Crippen MR) is 65.3 cm³/mol. The van der Waals surface area contributed by atoms with Gasteiger partial charge in [-0.2, -0.15) is 0 Å². The topological polar surface area (TPSA) is 35.2 Å². The van der Waals surface area contributed by atoms with Crippen molar-refractivity contribution in [1.29, 1.82) is 0 Å². The molecule has 2 N–H and O–H groups in total. The molecule has 0 bridgehead atoms. The number of rotatable bonds is 3. The zero-order valence-corrected chi connectivity index (χ0v) is 10.5. The molecule has 82 valence electrons. The third-order valence-corrected chi connectivity index (χ3v) is 3.29. The third-order valence-electron chi connectivity index (χ3n) is 2.83. The molecule has 1 heterocycles. The summed E-state index contributed by atoms with van der Waals surface area (Å²) in [6.45, 7) is 2.92. The van der Waals surface area contributed by atoms with E-state index in [1.807, 2.05) is 0 Å². The van der Waals surface area contributed by atoms with Crippen molar-refractivity contribution in [3.63, 3.8) is 0 Å². The highest BCUT2D eigenvalue weighted by Crippen LogP contribution is 2.33. The Balaban J connectivity index is 2.30. The molecule has 0 spiro atoms. The van der Waals surface area contributed by atoms with Gasteiger partial charge in [0.05, 0.1) is 6.61 Å².